The summed E-state index contributed by atoms with van der Waals surface area (Å²) in [7, 11) is 0. The Morgan fingerprint density at radius 1 is 1.53 bits per heavy atom. The summed E-state index contributed by atoms with van der Waals surface area (Å²) in [4.78, 5) is 11.6. The van der Waals surface area contributed by atoms with E-state index in [9.17, 15) is 4.79 Å². The molecule has 3 N–H and O–H groups in total. The second-order valence-corrected chi connectivity index (χ2v) is 4.10. The van der Waals surface area contributed by atoms with Gasteiger partial charge in [-0.15, -0.1) is 0 Å². The van der Waals surface area contributed by atoms with Crippen LogP contribution in [0, 0.1) is 19.8 Å². The van der Waals surface area contributed by atoms with E-state index in [1.807, 2.05) is 13.8 Å². The van der Waals surface area contributed by atoms with Crippen molar-refractivity contribution in [1.29, 1.82) is 0 Å². The van der Waals surface area contributed by atoms with Crippen molar-refractivity contribution in [3.05, 3.63) is 11.3 Å². The zero-order valence-corrected chi connectivity index (χ0v) is 9.05. The number of carbonyl (C=O) groups excluding carboxylic acids is 1. The van der Waals surface area contributed by atoms with E-state index in [-0.39, 0.29) is 5.91 Å². The maximum Gasteiger partial charge on any atom is 0.225 e. The van der Waals surface area contributed by atoms with Crippen molar-refractivity contribution in [1.82, 2.24) is 15.5 Å². The second-order valence-electron chi connectivity index (χ2n) is 4.10. The Hall–Kier alpha value is -1.36. The maximum atomic E-state index is 11.6. The van der Waals surface area contributed by atoms with Crippen molar-refractivity contribution in [2.75, 3.05) is 18.4 Å². The number of nitrogens with zero attached hydrogens (tertiary/aromatic N) is 1. The molecule has 0 atom stereocenters. The van der Waals surface area contributed by atoms with Crippen molar-refractivity contribution in [3.8, 4) is 0 Å². The summed E-state index contributed by atoms with van der Waals surface area (Å²) < 4.78 is 0. The van der Waals surface area contributed by atoms with Crippen LogP contribution in [0.4, 0.5) is 5.82 Å². The van der Waals surface area contributed by atoms with Gasteiger partial charge in [-0.1, -0.05) is 0 Å². The lowest BCUT2D eigenvalue weighted by molar-refractivity contribution is -0.117. The molecule has 15 heavy (non-hydrogen) atoms. The molecule has 2 heterocycles. The minimum absolute atomic E-state index is 0.0519. The predicted molar refractivity (Wildman–Crippen MR) is 57.7 cm³/mol. The molecule has 1 amide bonds. The van der Waals surface area contributed by atoms with Crippen LogP contribution in [0.2, 0.25) is 0 Å². The molecule has 0 radical (unpaired) electrons. The summed E-state index contributed by atoms with van der Waals surface area (Å²) in [6.45, 7) is 5.78. The summed E-state index contributed by atoms with van der Waals surface area (Å²) in [5.74, 6) is 1.20. The minimum Gasteiger partial charge on any atom is -0.316 e. The largest absolute Gasteiger partial charge is 0.316 e. The molecule has 1 saturated heterocycles. The van der Waals surface area contributed by atoms with Crippen molar-refractivity contribution in [3.63, 3.8) is 0 Å². The number of rotatable bonds is 3. The van der Waals surface area contributed by atoms with E-state index >= 15 is 0 Å². The standard InChI is InChI=1S/C10H16N4O/c1-6-7(2)13-14-10(6)12-9(15)3-8-4-11-5-8/h8,11H,3-5H2,1-2H3,(H2,12,13,14,15). The van der Waals surface area contributed by atoms with Crippen molar-refractivity contribution < 1.29 is 4.79 Å². The summed E-state index contributed by atoms with van der Waals surface area (Å²) in [5, 5.41) is 12.8. The highest BCUT2D eigenvalue weighted by Crippen LogP contribution is 2.15. The summed E-state index contributed by atoms with van der Waals surface area (Å²) in [6.07, 6.45) is 0.582. The van der Waals surface area contributed by atoms with Gasteiger partial charge in [-0.25, -0.2) is 0 Å². The fraction of sp³-hybridized carbons (Fsp3) is 0.600. The zero-order chi connectivity index (χ0) is 10.8. The van der Waals surface area contributed by atoms with E-state index in [4.69, 9.17) is 0 Å². The fourth-order valence-corrected chi connectivity index (χ4v) is 1.54. The number of aromatic amines is 1. The van der Waals surface area contributed by atoms with Crippen LogP contribution < -0.4 is 10.6 Å². The van der Waals surface area contributed by atoms with Crippen LogP contribution in [0.15, 0.2) is 0 Å². The highest BCUT2D eigenvalue weighted by atomic mass is 16.1. The molecule has 0 unspecified atom stereocenters. The average molecular weight is 208 g/mol. The molecule has 5 heteroatoms. The van der Waals surface area contributed by atoms with Gasteiger partial charge >= 0.3 is 0 Å². The molecule has 2 rings (SSSR count). The topological polar surface area (TPSA) is 69.8 Å². The molecule has 0 aliphatic carbocycles. The molecule has 1 aliphatic rings. The maximum absolute atomic E-state index is 11.6. The Balaban J connectivity index is 1.90. The number of anilines is 1. The van der Waals surface area contributed by atoms with Crippen molar-refractivity contribution in [2.24, 2.45) is 5.92 Å². The van der Waals surface area contributed by atoms with E-state index in [0.29, 0.717) is 18.2 Å². The van der Waals surface area contributed by atoms with Gasteiger partial charge in [0, 0.05) is 17.7 Å². The SMILES string of the molecule is Cc1[nH]nc(NC(=O)CC2CNC2)c1C. The first-order chi connectivity index (χ1) is 7.16. The molecule has 0 spiro atoms. The average Bonchev–Trinajstić information content (AvgIpc) is 2.43. The highest BCUT2D eigenvalue weighted by molar-refractivity contribution is 5.90. The summed E-state index contributed by atoms with van der Waals surface area (Å²) >= 11 is 0. The van der Waals surface area contributed by atoms with Gasteiger partial charge in [0.25, 0.3) is 0 Å². The Kier molecular flexibility index (Phi) is 2.73. The molecule has 82 valence electrons. The van der Waals surface area contributed by atoms with Crippen LogP contribution in [0.5, 0.6) is 0 Å². The zero-order valence-electron chi connectivity index (χ0n) is 9.05. The predicted octanol–water partition coefficient (Wildman–Crippen LogP) is 0.575. The number of hydrogen-bond donors (Lipinski definition) is 3. The lowest BCUT2D eigenvalue weighted by Gasteiger charge is -2.26. The monoisotopic (exact) mass is 208 g/mol. The van der Waals surface area contributed by atoms with E-state index in [1.165, 1.54) is 0 Å². The summed E-state index contributed by atoms with van der Waals surface area (Å²) in [5.41, 5.74) is 2.01. The number of carbonyl (C=O) groups is 1. The molecule has 1 aromatic rings. The van der Waals surface area contributed by atoms with Crippen molar-refractivity contribution >= 4 is 11.7 Å². The van der Waals surface area contributed by atoms with Crippen LogP contribution in [0.25, 0.3) is 0 Å². The van der Waals surface area contributed by atoms with E-state index in [1.54, 1.807) is 0 Å². The van der Waals surface area contributed by atoms with E-state index < -0.39 is 0 Å². The smallest absolute Gasteiger partial charge is 0.225 e. The quantitative estimate of drug-likeness (QED) is 0.680. The Morgan fingerprint density at radius 2 is 2.27 bits per heavy atom. The fourth-order valence-electron chi connectivity index (χ4n) is 1.54. The van der Waals surface area contributed by atoms with Gasteiger partial charge < -0.3 is 10.6 Å². The van der Waals surface area contributed by atoms with Gasteiger partial charge in [0.05, 0.1) is 0 Å². The molecular formula is C10H16N4O. The van der Waals surface area contributed by atoms with Gasteiger partial charge in [0.15, 0.2) is 5.82 Å². The first-order valence-corrected chi connectivity index (χ1v) is 5.19. The lowest BCUT2D eigenvalue weighted by Crippen LogP contribution is -2.43. The third-order valence-electron chi connectivity index (χ3n) is 2.85. The van der Waals surface area contributed by atoms with Gasteiger partial charge in [0.2, 0.25) is 5.91 Å². The van der Waals surface area contributed by atoms with Gasteiger partial charge in [-0.2, -0.15) is 5.10 Å². The second kappa shape index (κ2) is 4.02. The van der Waals surface area contributed by atoms with Gasteiger partial charge in [-0.05, 0) is 32.9 Å². The number of H-pyrrole nitrogens is 1. The molecule has 1 aromatic heterocycles. The summed E-state index contributed by atoms with van der Waals surface area (Å²) in [6, 6.07) is 0. The van der Waals surface area contributed by atoms with Crippen LogP contribution in [-0.2, 0) is 4.79 Å². The van der Waals surface area contributed by atoms with Gasteiger partial charge in [0.1, 0.15) is 0 Å². The molecule has 5 nitrogen and oxygen atoms in total. The Morgan fingerprint density at radius 3 is 2.73 bits per heavy atom. The number of aryl methyl sites for hydroxylation is 1. The normalized spacial score (nSPS) is 16.1. The molecule has 1 fully saturated rings. The number of aromatic nitrogens is 2. The lowest BCUT2D eigenvalue weighted by atomic mass is 9.99. The molecule has 0 saturated carbocycles. The van der Waals surface area contributed by atoms with Crippen LogP contribution >= 0.6 is 0 Å². The third-order valence-corrected chi connectivity index (χ3v) is 2.85. The van der Waals surface area contributed by atoms with E-state index in [0.717, 1.165) is 24.3 Å². The first-order valence-electron chi connectivity index (χ1n) is 5.19. The van der Waals surface area contributed by atoms with E-state index in [2.05, 4.69) is 20.8 Å². The van der Waals surface area contributed by atoms with Crippen LogP contribution in [0.1, 0.15) is 17.7 Å². The Bertz CT molecular complexity index is 367. The first kappa shape index (κ1) is 10.2. The molecule has 0 aromatic carbocycles. The number of hydrogen-bond acceptors (Lipinski definition) is 3. The van der Waals surface area contributed by atoms with Crippen LogP contribution in [-0.4, -0.2) is 29.2 Å². The third kappa shape index (κ3) is 2.18. The molecular weight excluding hydrogens is 192 g/mol. The van der Waals surface area contributed by atoms with Gasteiger partial charge in [-0.3, -0.25) is 9.89 Å². The van der Waals surface area contributed by atoms with Crippen LogP contribution in [0.3, 0.4) is 0 Å². The molecule has 0 bridgehead atoms. The number of nitrogens with one attached hydrogen (secondary N) is 3. The highest BCUT2D eigenvalue weighted by Gasteiger charge is 2.20. The number of amides is 1. The van der Waals surface area contributed by atoms with Crippen molar-refractivity contribution in [2.45, 2.75) is 20.3 Å². The Labute approximate surface area is 88.6 Å². The molecule has 1 aliphatic heterocycles. The minimum atomic E-state index is 0.0519.